The Balaban J connectivity index is 2.51. The fraction of sp³-hybridized carbons (Fsp3) is 0.333. The van der Waals surface area contributed by atoms with E-state index in [9.17, 15) is 14.0 Å². The molecule has 90 valence electrons. The molecule has 0 spiro atoms. The summed E-state index contributed by atoms with van der Waals surface area (Å²) in [6, 6.07) is 2.92. The van der Waals surface area contributed by atoms with Crippen LogP contribution in [0.25, 0.3) is 0 Å². The Kier molecular flexibility index (Phi) is 2.83. The number of hydrogen-bond acceptors (Lipinski definition) is 4. The fourth-order valence-corrected chi connectivity index (χ4v) is 1.92. The maximum atomic E-state index is 13.9. The lowest BCUT2D eigenvalue weighted by Gasteiger charge is -2.13. The van der Waals surface area contributed by atoms with E-state index in [4.69, 9.17) is 4.74 Å². The van der Waals surface area contributed by atoms with Gasteiger partial charge in [-0.3, -0.25) is 9.59 Å². The van der Waals surface area contributed by atoms with Crippen LogP contribution >= 0.6 is 0 Å². The molecule has 1 unspecified atom stereocenters. The Morgan fingerprint density at radius 2 is 2.12 bits per heavy atom. The van der Waals surface area contributed by atoms with Crippen LogP contribution in [0.3, 0.4) is 0 Å². The smallest absolute Gasteiger partial charge is 0.321 e. The Morgan fingerprint density at radius 1 is 1.41 bits per heavy atom. The highest BCUT2D eigenvalue weighted by Gasteiger charge is 2.38. The average molecular weight is 238 g/mol. The molecule has 0 radical (unpaired) electrons. The molecule has 2 rings (SSSR count). The summed E-state index contributed by atoms with van der Waals surface area (Å²) < 4.78 is 23.3. The first-order valence-corrected chi connectivity index (χ1v) is 5.11. The van der Waals surface area contributed by atoms with Crippen molar-refractivity contribution in [3.63, 3.8) is 0 Å². The van der Waals surface area contributed by atoms with Gasteiger partial charge in [0.1, 0.15) is 11.6 Å². The van der Waals surface area contributed by atoms with Gasteiger partial charge in [0.15, 0.2) is 0 Å². The number of carbonyl (C=O) groups excluding carboxylic acids is 2. The number of carbonyl (C=O) groups is 2. The minimum absolute atomic E-state index is 0.0916. The number of benzene rings is 1. The van der Waals surface area contributed by atoms with E-state index in [-0.39, 0.29) is 17.7 Å². The molecule has 1 aromatic rings. The Morgan fingerprint density at radius 3 is 2.65 bits per heavy atom. The molecule has 1 aliphatic heterocycles. The van der Waals surface area contributed by atoms with E-state index in [0.29, 0.717) is 5.56 Å². The third kappa shape index (κ3) is 2.00. The van der Waals surface area contributed by atoms with Gasteiger partial charge in [0, 0.05) is 5.56 Å². The van der Waals surface area contributed by atoms with E-state index in [2.05, 4.69) is 4.74 Å². The Bertz CT molecular complexity index is 496. The van der Waals surface area contributed by atoms with Crippen molar-refractivity contribution in [1.29, 1.82) is 0 Å². The van der Waals surface area contributed by atoms with Crippen LogP contribution in [-0.2, 0) is 14.3 Å². The Labute approximate surface area is 97.3 Å². The molecule has 0 saturated carbocycles. The molecule has 1 aromatic carbocycles. The van der Waals surface area contributed by atoms with Crippen LogP contribution in [0.4, 0.5) is 4.39 Å². The first-order valence-electron chi connectivity index (χ1n) is 5.11. The van der Waals surface area contributed by atoms with Gasteiger partial charge in [0.25, 0.3) is 0 Å². The summed E-state index contributed by atoms with van der Waals surface area (Å²) in [6.07, 6.45) is -0.144. The second-order valence-electron chi connectivity index (χ2n) is 3.91. The number of aryl methyl sites for hydroxylation is 1. The second-order valence-corrected chi connectivity index (χ2v) is 3.91. The van der Waals surface area contributed by atoms with Gasteiger partial charge in [-0.15, -0.1) is 0 Å². The van der Waals surface area contributed by atoms with Crippen LogP contribution in [0.5, 0.6) is 5.75 Å². The normalized spacial score (nSPS) is 19.4. The van der Waals surface area contributed by atoms with Gasteiger partial charge in [-0.2, -0.15) is 0 Å². The summed E-state index contributed by atoms with van der Waals surface area (Å²) in [4.78, 5) is 22.4. The van der Waals surface area contributed by atoms with Gasteiger partial charge in [0.2, 0.25) is 0 Å². The van der Waals surface area contributed by atoms with Crippen LogP contribution in [0.2, 0.25) is 0 Å². The van der Waals surface area contributed by atoms with Crippen LogP contribution in [0.15, 0.2) is 12.1 Å². The standard InChI is InChI=1S/C12H11FO4/c1-6-3-8(13)11(9(4-6)16-2)7-5-10(14)17-12(7)15/h3-4,7H,5H2,1-2H3. The number of halogens is 1. The van der Waals surface area contributed by atoms with E-state index < -0.39 is 23.7 Å². The monoisotopic (exact) mass is 238 g/mol. The van der Waals surface area contributed by atoms with Gasteiger partial charge < -0.3 is 9.47 Å². The predicted molar refractivity (Wildman–Crippen MR) is 56.1 cm³/mol. The van der Waals surface area contributed by atoms with Crippen LogP contribution in [-0.4, -0.2) is 19.0 Å². The number of rotatable bonds is 2. The molecule has 1 aliphatic rings. The molecule has 5 heteroatoms. The maximum Gasteiger partial charge on any atom is 0.321 e. The first-order chi connectivity index (χ1) is 8.02. The van der Waals surface area contributed by atoms with Crippen molar-refractivity contribution in [2.75, 3.05) is 7.11 Å². The third-order valence-corrected chi connectivity index (χ3v) is 2.67. The van der Waals surface area contributed by atoms with Crippen LogP contribution in [0.1, 0.15) is 23.5 Å². The summed E-state index contributed by atoms with van der Waals surface area (Å²) in [5, 5.41) is 0. The minimum Gasteiger partial charge on any atom is -0.496 e. The molecule has 0 N–H and O–H groups in total. The lowest BCUT2D eigenvalue weighted by molar-refractivity contribution is -0.152. The first kappa shape index (κ1) is 11.6. The van der Waals surface area contributed by atoms with E-state index >= 15 is 0 Å². The highest BCUT2D eigenvalue weighted by molar-refractivity contribution is 5.98. The summed E-state index contributed by atoms with van der Waals surface area (Å²) in [7, 11) is 1.39. The van der Waals surface area contributed by atoms with Crippen molar-refractivity contribution < 1.29 is 23.5 Å². The van der Waals surface area contributed by atoms with Gasteiger partial charge in [-0.25, -0.2) is 4.39 Å². The molecule has 1 saturated heterocycles. The number of cyclic esters (lactones) is 2. The molecule has 1 fully saturated rings. The molecule has 0 amide bonds. The maximum absolute atomic E-state index is 13.9. The van der Waals surface area contributed by atoms with Gasteiger partial charge >= 0.3 is 11.9 Å². The van der Waals surface area contributed by atoms with E-state index in [1.807, 2.05) is 0 Å². The quantitative estimate of drug-likeness (QED) is 0.581. The highest BCUT2D eigenvalue weighted by Crippen LogP contribution is 2.36. The van der Waals surface area contributed by atoms with Crippen molar-refractivity contribution in [2.45, 2.75) is 19.3 Å². The lowest BCUT2D eigenvalue weighted by Crippen LogP contribution is -2.10. The van der Waals surface area contributed by atoms with Gasteiger partial charge in [0.05, 0.1) is 19.4 Å². The lowest BCUT2D eigenvalue weighted by atomic mass is 9.95. The largest absolute Gasteiger partial charge is 0.496 e. The second kappa shape index (κ2) is 4.16. The Hall–Kier alpha value is -1.91. The average Bonchev–Trinajstić information content (AvgIpc) is 2.56. The molecule has 0 bridgehead atoms. The predicted octanol–water partition coefficient (Wildman–Crippen LogP) is 1.70. The van der Waals surface area contributed by atoms with E-state index in [1.165, 1.54) is 13.2 Å². The number of methoxy groups -OCH3 is 1. The fourth-order valence-electron chi connectivity index (χ4n) is 1.92. The van der Waals surface area contributed by atoms with Crippen molar-refractivity contribution >= 4 is 11.9 Å². The summed E-state index contributed by atoms with van der Waals surface area (Å²) in [6.45, 7) is 1.72. The molecule has 1 atom stereocenters. The molecule has 0 aromatic heterocycles. The molecule has 0 aliphatic carbocycles. The summed E-state index contributed by atoms with van der Waals surface area (Å²) in [5.74, 6) is -2.56. The molecule has 1 heterocycles. The van der Waals surface area contributed by atoms with Crippen molar-refractivity contribution in [1.82, 2.24) is 0 Å². The van der Waals surface area contributed by atoms with Crippen molar-refractivity contribution in [3.8, 4) is 5.75 Å². The molecule has 17 heavy (non-hydrogen) atoms. The highest BCUT2D eigenvalue weighted by atomic mass is 19.1. The summed E-state index contributed by atoms with van der Waals surface area (Å²) in [5.41, 5.74) is 0.773. The SMILES string of the molecule is COc1cc(C)cc(F)c1C1CC(=O)OC1=O. The van der Waals surface area contributed by atoms with E-state index in [0.717, 1.165) is 0 Å². The summed E-state index contributed by atoms with van der Waals surface area (Å²) >= 11 is 0. The van der Waals surface area contributed by atoms with Crippen LogP contribution in [0, 0.1) is 12.7 Å². The number of hydrogen-bond donors (Lipinski definition) is 0. The number of ether oxygens (including phenoxy) is 2. The zero-order chi connectivity index (χ0) is 12.6. The zero-order valence-electron chi connectivity index (χ0n) is 9.45. The third-order valence-electron chi connectivity index (χ3n) is 2.67. The minimum atomic E-state index is -0.905. The topological polar surface area (TPSA) is 52.6 Å². The molecular formula is C12H11FO4. The van der Waals surface area contributed by atoms with Crippen LogP contribution < -0.4 is 4.74 Å². The zero-order valence-corrected chi connectivity index (χ0v) is 9.45. The number of esters is 2. The van der Waals surface area contributed by atoms with Gasteiger partial charge in [-0.05, 0) is 24.6 Å². The van der Waals surface area contributed by atoms with Crippen molar-refractivity contribution in [2.24, 2.45) is 0 Å². The van der Waals surface area contributed by atoms with Crippen molar-refractivity contribution in [3.05, 3.63) is 29.1 Å². The van der Waals surface area contributed by atoms with E-state index in [1.54, 1.807) is 13.0 Å². The molecular weight excluding hydrogens is 227 g/mol. The van der Waals surface area contributed by atoms with Gasteiger partial charge in [-0.1, -0.05) is 0 Å². The molecule has 4 nitrogen and oxygen atoms in total.